The monoisotopic (exact) mass is 364 g/mol. The minimum absolute atomic E-state index is 0.115. The molecule has 0 atom stereocenters. The minimum atomic E-state index is -4.69. The van der Waals surface area contributed by atoms with Crippen LogP contribution in [0.3, 0.4) is 0 Å². The molecule has 1 aromatic carbocycles. The number of hydrogen-bond donors (Lipinski definition) is 1. The number of benzene rings is 1. The molecule has 0 radical (unpaired) electrons. The number of rotatable bonds is 6. The Labute approximate surface area is 139 Å². The van der Waals surface area contributed by atoms with Gasteiger partial charge in [0.1, 0.15) is 0 Å². The van der Waals surface area contributed by atoms with Crippen molar-refractivity contribution in [3.8, 4) is 11.4 Å². The number of carbonyl (C=O) groups excluding carboxylic acids is 1. The van der Waals surface area contributed by atoms with Crippen LogP contribution in [-0.2, 0) is 22.4 Å². The average molecular weight is 365 g/mol. The van der Waals surface area contributed by atoms with E-state index in [9.17, 15) is 18.0 Å². The van der Waals surface area contributed by atoms with Crippen LogP contribution < -0.4 is 4.84 Å². The predicted octanol–water partition coefficient (Wildman–Crippen LogP) is 2.39. The smallest absolute Gasteiger partial charge is 0.329 e. The molecule has 0 saturated carbocycles. The SMILES string of the molecule is CON(Cc1ccc(-c2noc(C(F)(F)F)n2)cc1)C(=O)CNCl. The van der Waals surface area contributed by atoms with Crippen molar-refractivity contribution in [1.82, 2.24) is 20.0 Å². The highest BCUT2D eigenvalue weighted by atomic mass is 35.5. The Morgan fingerprint density at radius 3 is 2.54 bits per heavy atom. The van der Waals surface area contributed by atoms with Crippen LogP contribution in [0.5, 0.6) is 0 Å². The normalized spacial score (nSPS) is 11.5. The number of alkyl halides is 3. The van der Waals surface area contributed by atoms with Crippen molar-refractivity contribution in [3.05, 3.63) is 35.7 Å². The van der Waals surface area contributed by atoms with E-state index in [1.165, 1.54) is 19.2 Å². The molecule has 0 spiro atoms. The van der Waals surface area contributed by atoms with Gasteiger partial charge in [0, 0.05) is 5.56 Å². The first kappa shape index (κ1) is 18.2. The fourth-order valence-corrected chi connectivity index (χ4v) is 1.90. The van der Waals surface area contributed by atoms with E-state index in [-0.39, 0.29) is 24.8 Å². The lowest BCUT2D eigenvalue weighted by molar-refractivity contribution is -0.177. The maximum Gasteiger partial charge on any atom is 0.471 e. The first-order valence-corrected chi connectivity index (χ1v) is 6.91. The third-order valence-electron chi connectivity index (χ3n) is 2.92. The van der Waals surface area contributed by atoms with Gasteiger partial charge in [-0.2, -0.15) is 18.2 Å². The molecular weight excluding hydrogens is 353 g/mol. The third kappa shape index (κ3) is 4.43. The molecule has 2 aromatic rings. The molecule has 0 aliphatic carbocycles. The van der Waals surface area contributed by atoms with Crippen molar-refractivity contribution in [3.63, 3.8) is 0 Å². The Hall–Kier alpha value is -2.17. The van der Waals surface area contributed by atoms with Crippen molar-refractivity contribution in [2.75, 3.05) is 13.7 Å². The van der Waals surface area contributed by atoms with E-state index in [1.807, 2.05) is 0 Å². The van der Waals surface area contributed by atoms with Crippen molar-refractivity contribution < 1.29 is 27.3 Å². The summed E-state index contributed by atoms with van der Waals surface area (Å²) < 4.78 is 41.5. The maximum atomic E-state index is 12.4. The van der Waals surface area contributed by atoms with Gasteiger partial charge in [0.05, 0.1) is 20.2 Å². The molecule has 0 aliphatic heterocycles. The van der Waals surface area contributed by atoms with Gasteiger partial charge < -0.3 is 4.52 Å². The van der Waals surface area contributed by atoms with E-state index in [0.717, 1.165) is 5.06 Å². The van der Waals surface area contributed by atoms with Gasteiger partial charge in [-0.25, -0.2) is 9.90 Å². The summed E-state index contributed by atoms with van der Waals surface area (Å²) in [6.45, 7) is 0.0186. The Morgan fingerprint density at radius 2 is 2.04 bits per heavy atom. The lowest BCUT2D eigenvalue weighted by atomic mass is 10.1. The molecule has 1 heterocycles. The quantitative estimate of drug-likeness (QED) is 0.626. The second-order valence-corrected chi connectivity index (χ2v) is 4.81. The second-order valence-electron chi connectivity index (χ2n) is 4.54. The van der Waals surface area contributed by atoms with E-state index < -0.39 is 12.1 Å². The standard InChI is InChI=1S/C13H12ClF3N4O3/c1-23-21(10(22)6-18-14)7-8-2-4-9(5-3-8)11-19-12(24-20-11)13(15,16)17/h2-5,18H,6-7H2,1H3. The second kappa shape index (κ2) is 7.60. The predicted molar refractivity (Wildman–Crippen MR) is 76.2 cm³/mol. The zero-order valence-electron chi connectivity index (χ0n) is 12.3. The van der Waals surface area contributed by atoms with Gasteiger partial charge in [-0.3, -0.25) is 9.63 Å². The fourth-order valence-electron chi connectivity index (χ4n) is 1.78. The number of hydroxylamine groups is 2. The van der Waals surface area contributed by atoms with Gasteiger partial charge in [0.15, 0.2) is 0 Å². The van der Waals surface area contributed by atoms with E-state index in [1.54, 1.807) is 12.1 Å². The summed E-state index contributed by atoms with van der Waals surface area (Å²) in [4.78, 5) is 22.1. The Balaban J connectivity index is 2.10. The van der Waals surface area contributed by atoms with Crippen LogP contribution in [0.4, 0.5) is 13.2 Å². The lowest BCUT2D eigenvalue weighted by Crippen LogP contribution is -2.34. The minimum Gasteiger partial charge on any atom is -0.329 e. The maximum absolute atomic E-state index is 12.4. The molecule has 1 N–H and O–H groups in total. The number of hydrogen-bond acceptors (Lipinski definition) is 6. The first-order chi connectivity index (χ1) is 11.3. The summed E-state index contributed by atoms with van der Waals surface area (Å²) in [7, 11) is 1.33. The number of amides is 1. The fraction of sp³-hybridized carbons (Fsp3) is 0.308. The highest BCUT2D eigenvalue weighted by molar-refractivity contribution is 6.14. The summed E-state index contributed by atoms with van der Waals surface area (Å²) >= 11 is 5.27. The van der Waals surface area contributed by atoms with Crippen molar-refractivity contribution >= 4 is 17.7 Å². The number of nitrogens with zero attached hydrogens (tertiary/aromatic N) is 3. The summed E-state index contributed by atoms with van der Waals surface area (Å²) in [5.41, 5.74) is 1.03. The molecule has 11 heteroatoms. The third-order valence-corrected chi connectivity index (χ3v) is 3.06. The highest BCUT2D eigenvalue weighted by Crippen LogP contribution is 2.29. The van der Waals surface area contributed by atoms with Crippen LogP contribution in [0.15, 0.2) is 28.8 Å². The van der Waals surface area contributed by atoms with E-state index in [0.29, 0.717) is 11.1 Å². The Bertz CT molecular complexity index is 691. The van der Waals surface area contributed by atoms with Gasteiger partial charge in [-0.05, 0) is 17.3 Å². The van der Waals surface area contributed by atoms with Gasteiger partial charge in [0.25, 0.3) is 5.91 Å². The molecule has 2 rings (SSSR count). The molecule has 0 aliphatic rings. The molecular formula is C13H12ClF3N4O3. The zero-order chi connectivity index (χ0) is 17.7. The van der Waals surface area contributed by atoms with Crippen LogP contribution in [0.1, 0.15) is 11.5 Å². The number of carbonyl (C=O) groups is 1. The van der Waals surface area contributed by atoms with Crippen LogP contribution in [0.2, 0.25) is 0 Å². The summed E-state index contributed by atoms with van der Waals surface area (Å²) in [6.07, 6.45) is -4.69. The van der Waals surface area contributed by atoms with Gasteiger partial charge in [0.2, 0.25) is 5.82 Å². The van der Waals surface area contributed by atoms with Gasteiger partial charge >= 0.3 is 12.1 Å². The molecule has 0 fully saturated rings. The topological polar surface area (TPSA) is 80.5 Å². The van der Waals surface area contributed by atoms with E-state index in [2.05, 4.69) is 19.5 Å². The van der Waals surface area contributed by atoms with E-state index >= 15 is 0 Å². The molecule has 7 nitrogen and oxygen atoms in total. The van der Waals surface area contributed by atoms with Crippen LogP contribution in [0.25, 0.3) is 11.4 Å². The van der Waals surface area contributed by atoms with Gasteiger partial charge in [-0.1, -0.05) is 29.4 Å². The van der Waals surface area contributed by atoms with Crippen LogP contribution in [-0.4, -0.2) is 34.8 Å². The Morgan fingerprint density at radius 1 is 1.38 bits per heavy atom. The molecule has 130 valence electrons. The largest absolute Gasteiger partial charge is 0.471 e. The number of nitrogens with one attached hydrogen (secondary N) is 1. The number of halogens is 4. The first-order valence-electron chi connectivity index (χ1n) is 6.53. The van der Waals surface area contributed by atoms with Crippen molar-refractivity contribution in [2.45, 2.75) is 12.7 Å². The average Bonchev–Trinajstić information content (AvgIpc) is 3.03. The van der Waals surface area contributed by atoms with Crippen LogP contribution >= 0.6 is 11.8 Å². The summed E-state index contributed by atoms with van der Waals surface area (Å²) in [5.74, 6) is -1.98. The molecule has 0 unspecified atom stereocenters. The Kier molecular flexibility index (Phi) is 5.75. The summed E-state index contributed by atoms with van der Waals surface area (Å²) in [5, 5.41) is 4.38. The van der Waals surface area contributed by atoms with Crippen molar-refractivity contribution in [1.29, 1.82) is 0 Å². The summed E-state index contributed by atoms with van der Waals surface area (Å²) in [6, 6.07) is 6.23. The van der Waals surface area contributed by atoms with Crippen LogP contribution in [0, 0.1) is 0 Å². The molecule has 1 aromatic heterocycles. The molecule has 0 bridgehead atoms. The highest BCUT2D eigenvalue weighted by Gasteiger charge is 2.38. The van der Waals surface area contributed by atoms with Gasteiger partial charge in [-0.15, -0.1) is 0 Å². The molecule has 24 heavy (non-hydrogen) atoms. The number of aromatic nitrogens is 2. The van der Waals surface area contributed by atoms with E-state index in [4.69, 9.17) is 16.6 Å². The van der Waals surface area contributed by atoms with Crippen molar-refractivity contribution in [2.24, 2.45) is 0 Å². The zero-order valence-corrected chi connectivity index (χ0v) is 13.1. The molecule has 1 amide bonds. The lowest BCUT2D eigenvalue weighted by Gasteiger charge is -2.19. The molecule has 0 saturated heterocycles.